The van der Waals surface area contributed by atoms with E-state index in [9.17, 15) is 9.59 Å². The van der Waals surface area contributed by atoms with Crippen LogP contribution in [0.3, 0.4) is 0 Å². The summed E-state index contributed by atoms with van der Waals surface area (Å²) >= 11 is 3.38. The van der Waals surface area contributed by atoms with Crippen LogP contribution in [0.25, 0.3) is 11.1 Å². The minimum atomic E-state index is -0.570. The molecule has 0 fully saturated rings. The van der Waals surface area contributed by atoms with Crippen LogP contribution in [0.2, 0.25) is 0 Å². The zero-order valence-electron chi connectivity index (χ0n) is 13.1. The lowest BCUT2D eigenvalue weighted by molar-refractivity contribution is 0.0523. The fourth-order valence-electron chi connectivity index (χ4n) is 2.44. The first kappa shape index (κ1) is 16.5. The van der Waals surface area contributed by atoms with Crippen molar-refractivity contribution in [2.24, 2.45) is 7.05 Å². The third-order valence-corrected chi connectivity index (χ3v) is 4.33. The maximum atomic E-state index is 12.8. The van der Waals surface area contributed by atoms with E-state index in [2.05, 4.69) is 15.9 Å². The maximum Gasteiger partial charge on any atom is 0.343 e. The number of pyridine rings is 1. The molecule has 0 N–H and O–H groups in total. The lowest BCUT2D eigenvalue weighted by atomic mass is 9.99. The number of ether oxygens (including phenoxy) is 1. The summed E-state index contributed by atoms with van der Waals surface area (Å²) in [7, 11) is 1.84. The zero-order valence-corrected chi connectivity index (χ0v) is 14.7. The van der Waals surface area contributed by atoms with Crippen LogP contribution in [0.15, 0.2) is 33.5 Å². The molecule has 0 spiro atoms. The molecule has 1 heterocycles. The number of benzene rings is 1. The maximum absolute atomic E-state index is 12.8. The van der Waals surface area contributed by atoms with E-state index in [0.717, 1.165) is 15.7 Å². The highest BCUT2D eigenvalue weighted by atomic mass is 79.9. The second-order valence-electron chi connectivity index (χ2n) is 5.04. The molecule has 0 amide bonds. The average Bonchev–Trinajstić information content (AvgIpc) is 2.47. The number of carbonyl (C=O) groups is 1. The minimum absolute atomic E-state index is 0.105. The Morgan fingerprint density at radius 3 is 2.32 bits per heavy atom. The fourth-order valence-corrected chi connectivity index (χ4v) is 2.71. The van der Waals surface area contributed by atoms with Gasteiger partial charge in [-0.2, -0.15) is 0 Å². The first-order valence-electron chi connectivity index (χ1n) is 7.01. The van der Waals surface area contributed by atoms with Crippen LogP contribution in [0.1, 0.15) is 28.7 Å². The molecule has 116 valence electrons. The molecule has 2 aromatic rings. The van der Waals surface area contributed by atoms with Gasteiger partial charge in [-0.15, -0.1) is 0 Å². The highest BCUT2D eigenvalue weighted by Crippen LogP contribution is 2.24. The van der Waals surface area contributed by atoms with Crippen LogP contribution in [0.5, 0.6) is 0 Å². The first-order valence-corrected chi connectivity index (χ1v) is 7.81. The Labute approximate surface area is 137 Å². The Kier molecular flexibility index (Phi) is 4.86. The van der Waals surface area contributed by atoms with Crippen LogP contribution in [-0.4, -0.2) is 17.1 Å². The van der Waals surface area contributed by atoms with E-state index in [1.165, 1.54) is 0 Å². The van der Waals surface area contributed by atoms with Crippen molar-refractivity contribution in [3.63, 3.8) is 0 Å². The molecule has 1 aromatic heterocycles. The molecule has 4 nitrogen and oxygen atoms in total. The van der Waals surface area contributed by atoms with Gasteiger partial charge < -0.3 is 9.30 Å². The van der Waals surface area contributed by atoms with Crippen molar-refractivity contribution in [2.75, 3.05) is 6.61 Å². The van der Waals surface area contributed by atoms with E-state index < -0.39 is 5.97 Å². The number of hydrogen-bond acceptors (Lipinski definition) is 3. The van der Waals surface area contributed by atoms with Crippen molar-refractivity contribution >= 4 is 21.9 Å². The van der Waals surface area contributed by atoms with Gasteiger partial charge in [-0.3, -0.25) is 4.79 Å². The van der Waals surface area contributed by atoms with E-state index in [1.807, 2.05) is 42.8 Å². The summed E-state index contributed by atoms with van der Waals surface area (Å²) in [5, 5.41) is 0. The summed E-state index contributed by atoms with van der Waals surface area (Å²) in [6.45, 7) is 5.59. The molecular formula is C17H18BrNO3. The second kappa shape index (κ2) is 6.48. The molecule has 0 aliphatic carbocycles. The zero-order chi connectivity index (χ0) is 16.4. The van der Waals surface area contributed by atoms with Gasteiger partial charge in [0.25, 0.3) is 0 Å². The molecule has 0 bridgehead atoms. The summed E-state index contributed by atoms with van der Waals surface area (Å²) in [6.07, 6.45) is 0. The average molecular weight is 364 g/mol. The smallest absolute Gasteiger partial charge is 0.343 e. The van der Waals surface area contributed by atoms with Crippen molar-refractivity contribution in [3.05, 3.63) is 55.9 Å². The predicted octanol–water partition coefficient (Wildman–Crippen LogP) is 3.61. The Balaban J connectivity index is 2.77. The highest BCUT2D eigenvalue weighted by molar-refractivity contribution is 9.10. The Hall–Kier alpha value is -1.88. The van der Waals surface area contributed by atoms with Gasteiger partial charge in [0.1, 0.15) is 5.56 Å². The van der Waals surface area contributed by atoms with Gasteiger partial charge in [-0.25, -0.2) is 4.79 Å². The normalized spacial score (nSPS) is 10.6. The fraction of sp³-hybridized carbons (Fsp3) is 0.294. The number of nitrogens with zero attached hydrogens (tertiary/aromatic N) is 1. The van der Waals surface area contributed by atoms with Crippen molar-refractivity contribution < 1.29 is 9.53 Å². The minimum Gasteiger partial charge on any atom is -0.462 e. The third-order valence-electron chi connectivity index (χ3n) is 3.80. The van der Waals surface area contributed by atoms with E-state index in [-0.39, 0.29) is 17.6 Å². The molecule has 0 saturated heterocycles. The van der Waals surface area contributed by atoms with Crippen LogP contribution < -0.4 is 5.43 Å². The van der Waals surface area contributed by atoms with E-state index in [1.54, 1.807) is 13.8 Å². The molecule has 0 saturated carbocycles. The lowest BCUT2D eigenvalue weighted by Gasteiger charge is -2.17. The summed E-state index contributed by atoms with van der Waals surface area (Å²) in [4.78, 5) is 25.0. The first-order chi connectivity index (χ1) is 10.4. The number of carbonyl (C=O) groups excluding carboxylic acids is 1. The van der Waals surface area contributed by atoms with Gasteiger partial charge in [0.2, 0.25) is 5.43 Å². The van der Waals surface area contributed by atoms with Crippen LogP contribution >= 0.6 is 15.9 Å². The van der Waals surface area contributed by atoms with Crippen molar-refractivity contribution in [2.45, 2.75) is 20.8 Å². The van der Waals surface area contributed by atoms with Gasteiger partial charge in [-0.05, 0) is 38.5 Å². The van der Waals surface area contributed by atoms with Crippen LogP contribution in [0.4, 0.5) is 0 Å². The van der Waals surface area contributed by atoms with Gasteiger partial charge in [-0.1, -0.05) is 28.1 Å². The summed E-state index contributed by atoms with van der Waals surface area (Å²) in [5.41, 5.74) is 2.57. The molecule has 0 aliphatic heterocycles. The second-order valence-corrected chi connectivity index (χ2v) is 5.95. The van der Waals surface area contributed by atoms with E-state index >= 15 is 0 Å². The van der Waals surface area contributed by atoms with Crippen molar-refractivity contribution in [1.29, 1.82) is 0 Å². The molecule has 2 rings (SSSR count). The van der Waals surface area contributed by atoms with E-state index in [0.29, 0.717) is 11.3 Å². The topological polar surface area (TPSA) is 48.3 Å². The quantitative estimate of drug-likeness (QED) is 0.782. The standard InChI is InChI=1S/C17H18BrNO3/c1-5-22-17(21)15-11(3)19(4)10(2)14(16(15)20)12-6-8-13(18)9-7-12/h6-9H,5H2,1-4H3. The van der Waals surface area contributed by atoms with Gasteiger partial charge >= 0.3 is 5.97 Å². The van der Waals surface area contributed by atoms with Gasteiger partial charge in [0.15, 0.2) is 0 Å². The monoisotopic (exact) mass is 363 g/mol. The molecular weight excluding hydrogens is 346 g/mol. The molecule has 0 radical (unpaired) electrons. The number of aromatic nitrogens is 1. The molecule has 5 heteroatoms. The van der Waals surface area contributed by atoms with Crippen molar-refractivity contribution in [3.8, 4) is 11.1 Å². The summed E-state index contributed by atoms with van der Waals surface area (Å²) < 4.78 is 7.82. The SMILES string of the molecule is CCOC(=O)c1c(C)n(C)c(C)c(-c2ccc(Br)cc2)c1=O. The summed E-state index contributed by atoms with van der Waals surface area (Å²) in [5.74, 6) is -0.570. The Bertz CT molecular complexity index is 776. The Morgan fingerprint density at radius 1 is 1.18 bits per heavy atom. The Morgan fingerprint density at radius 2 is 1.77 bits per heavy atom. The number of esters is 1. The predicted molar refractivity (Wildman–Crippen MR) is 90.2 cm³/mol. The van der Waals surface area contributed by atoms with Crippen molar-refractivity contribution in [1.82, 2.24) is 4.57 Å². The number of hydrogen-bond donors (Lipinski definition) is 0. The number of rotatable bonds is 3. The molecule has 0 unspecified atom stereocenters. The third kappa shape index (κ3) is 2.86. The highest BCUT2D eigenvalue weighted by Gasteiger charge is 2.22. The van der Waals surface area contributed by atoms with Gasteiger partial charge in [0.05, 0.1) is 6.61 Å². The summed E-state index contributed by atoms with van der Waals surface area (Å²) in [6, 6.07) is 7.46. The molecule has 22 heavy (non-hydrogen) atoms. The van der Waals surface area contributed by atoms with Crippen LogP contribution in [0, 0.1) is 13.8 Å². The largest absolute Gasteiger partial charge is 0.462 e. The molecule has 0 atom stereocenters. The molecule has 1 aromatic carbocycles. The number of halogens is 1. The molecule has 0 aliphatic rings. The van der Waals surface area contributed by atoms with Gasteiger partial charge in [0, 0.05) is 28.5 Å². The van der Waals surface area contributed by atoms with E-state index in [4.69, 9.17) is 4.74 Å². The van der Waals surface area contributed by atoms with Crippen LogP contribution in [-0.2, 0) is 11.8 Å². The lowest BCUT2D eigenvalue weighted by Crippen LogP contribution is -2.26.